The largest absolute Gasteiger partial charge is 0.469 e. The van der Waals surface area contributed by atoms with Gasteiger partial charge < -0.3 is 14.6 Å². The molecule has 0 bridgehead atoms. The van der Waals surface area contributed by atoms with E-state index in [9.17, 15) is 14.7 Å². The molecule has 1 saturated carbocycles. The van der Waals surface area contributed by atoms with Gasteiger partial charge in [-0.15, -0.1) is 0 Å². The van der Waals surface area contributed by atoms with Crippen LogP contribution in [-0.4, -0.2) is 29.8 Å². The van der Waals surface area contributed by atoms with Crippen molar-refractivity contribution in [2.45, 2.75) is 44.1 Å². The van der Waals surface area contributed by atoms with Crippen molar-refractivity contribution in [3.63, 3.8) is 0 Å². The van der Waals surface area contributed by atoms with Gasteiger partial charge >= 0.3 is 11.9 Å². The molecular formula is C18H22O5. The predicted molar refractivity (Wildman–Crippen MR) is 84.6 cm³/mol. The summed E-state index contributed by atoms with van der Waals surface area (Å²) < 4.78 is 9.89. The fraction of sp³-hybridized carbons (Fsp3) is 0.444. The highest BCUT2D eigenvalue weighted by atomic mass is 16.5. The molecule has 5 nitrogen and oxygen atoms in total. The maximum Gasteiger partial charge on any atom is 0.342 e. The van der Waals surface area contributed by atoms with E-state index in [-0.39, 0.29) is 6.42 Å². The van der Waals surface area contributed by atoms with Crippen molar-refractivity contribution in [3.05, 3.63) is 47.7 Å². The maximum absolute atomic E-state index is 12.0. The summed E-state index contributed by atoms with van der Waals surface area (Å²) in [6.45, 7) is 0. The Morgan fingerprint density at radius 2 is 1.96 bits per heavy atom. The Labute approximate surface area is 135 Å². The lowest BCUT2D eigenvalue weighted by Gasteiger charge is -2.27. The van der Waals surface area contributed by atoms with Crippen molar-refractivity contribution < 1.29 is 24.2 Å². The Morgan fingerprint density at radius 1 is 1.22 bits per heavy atom. The van der Waals surface area contributed by atoms with Gasteiger partial charge in [-0.05, 0) is 37.0 Å². The molecule has 1 aliphatic rings. The third kappa shape index (κ3) is 4.66. The van der Waals surface area contributed by atoms with Gasteiger partial charge in [0.1, 0.15) is 0 Å². The number of methoxy groups -OCH3 is 1. The van der Waals surface area contributed by atoms with E-state index >= 15 is 0 Å². The molecule has 0 radical (unpaired) electrons. The minimum absolute atomic E-state index is 0.127. The fourth-order valence-electron chi connectivity index (χ4n) is 2.75. The third-order valence-corrected chi connectivity index (χ3v) is 4.12. The van der Waals surface area contributed by atoms with E-state index < -0.39 is 17.5 Å². The predicted octanol–water partition coefficient (Wildman–Crippen LogP) is 2.99. The number of ether oxygens (including phenoxy) is 2. The highest BCUT2D eigenvalue weighted by Gasteiger charge is 2.36. The molecule has 2 rings (SSSR count). The van der Waals surface area contributed by atoms with Crippen LogP contribution in [0.2, 0.25) is 0 Å². The van der Waals surface area contributed by atoms with Crippen LogP contribution in [-0.2, 0) is 14.3 Å². The lowest BCUT2D eigenvalue weighted by molar-refractivity contribution is -0.145. The Morgan fingerprint density at radius 3 is 2.65 bits per heavy atom. The molecule has 1 aromatic carbocycles. The van der Waals surface area contributed by atoms with E-state index in [0.29, 0.717) is 24.0 Å². The topological polar surface area (TPSA) is 72.8 Å². The van der Waals surface area contributed by atoms with Gasteiger partial charge in [0.25, 0.3) is 0 Å². The molecule has 1 N–H and O–H groups in total. The summed E-state index contributed by atoms with van der Waals surface area (Å²) in [7, 11) is 1.29. The standard InChI is InChI=1S/C18H22O5/c1-22-16(19)12-18(21)11-7-3-6-10-15(18)13-23-17(20)14-8-4-2-5-9-14/h2,4-5,8-9,13,21H,3,6-7,10-12H2,1H3. The van der Waals surface area contributed by atoms with Crippen molar-refractivity contribution in [1.29, 1.82) is 0 Å². The summed E-state index contributed by atoms with van der Waals surface area (Å²) in [5, 5.41) is 10.8. The first-order valence-electron chi connectivity index (χ1n) is 7.80. The van der Waals surface area contributed by atoms with Crippen LogP contribution in [0, 0.1) is 0 Å². The molecule has 1 unspecified atom stereocenters. The van der Waals surface area contributed by atoms with Gasteiger partial charge in [-0.1, -0.05) is 31.0 Å². The van der Waals surface area contributed by atoms with Gasteiger partial charge in [-0.3, -0.25) is 4.79 Å². The van der Waals surface area contributed by atoms with E-state index in [4.69, 9.17) is 4.74 Å². The van der Waals surface area contributed by atoms with Crippen LogP contribution in [0.1, 0.15) is 48.9 Å². The van der Waals surface area contributed by atoms with Gasteiger partial charge in [0.05, 0.1) is 31.0 Å². The normalized spacial score (nSPS) is 23.1. The van der Waals surface area contributed by atoms with E-state index in [1.165, 1.54) is 13.4 Å². The number of benzene rings is 1. The molecule has 0 aromatic heterocycles. The smallest absolute Gasteiger partial charge is 0.342 e. The molecule has 1 aliphatic carbocycles. The maximum atomic E-state index is 12.0. The SMILES string of the molecule is COC(=O)CC1(O)CCCCCC1=COC(=O)c1ccccc1. The Kier molecular flexibility index (Phi) is 5.93. The summed E-state index contributed by atoms with van der Waals surface area (Å²) in [5.74, 6) is -0.961. The number of aliphatic hydroxyl groups is 1. The second kappa shape index (κ2) is 7.92. The number of carbonyl (C=O) groups excluding carboxylic acids is 2. The summed E-state index contributed by atoms with van der Waals surface area (Å²) in [6.07, 6.45) is 4.90. The summed E-state index contributed by atoms with van der Waals surface area (Å²) >= 11 is 0. The molecule has 1 aromatic rings. The molecule has 0 aliphatic heterocycles. The van der Waals surface area contributed by atoms with Crippen LogP contribution in [0.15, 0.2) is 42.2 Å². The Bertz CT molecular complexity index is 578. The lowest BCUT2D eigenvalue weighted by atomic mass is 9.86. The zero-order chi connectivity index (χ0) is 16.7. The molecule has 0 heterocycles. The molecule has 0 amide bonds. The minimum atomic E-state index is -1.30. The van der Waals surface area contributed by atoms with Crippen LogP contribution in [0.4, 0.5) is 0 Å². The first-order valence-corrected chi connectivity index (χ1v) is 7.80. The molecular weight excluding hydrogens is 296 g/mol. The van der Waals surface area contributed by atoms with E-state index in [0.717, 1.165) is 19.3 Å². The Balaban J connectivity index is 2.15. The summed E-state index contributed by atoms with van der Waals surface area (Å²) in [4.78, 5) is 23.6. The number of hydrogen-bond donors (Lipinski definition) is 1. The molecule has 1 fully saturated rings. The summed E-state index contributed by atoms with van der Waals surface area (Å²) in [5.41, 5.74) is -0.292. The number of carbonyl (C=O) groups is 2. The average Bonchev–Trinajstić information content (AvgIpc) is 2.74. The van der Waals surface area contributed by atoms with Crippen LogP contribution in [0.5, 0.6) is 0 Å². The quantitative estimate of drug-likeness (QED) is 0.525. The molecule has 0 spiro atoms. The van der Waals surface area contributed by atoms with Crippen molar-refractivity contribution in [2.75, 3.05) is 7.11 Å². The minimum Gasteiger partial charge on any atom is -0.469 e. The van der Waals surface area contributed by atoms with Crippen LogP contribution in [0.3, 0.4) is 0 Å². The third-order valence-electron chi connectivity index (χ3n) is 4.12. The zero-order valence-electron chi connectivity index (χ0n) is 13.3. The number of esters is 2. The van der Waals surface area contributed by atoms with Gasteiger partial charge in [-0.2, -0.15) is 0 Å². The van der Waals surface area contributed by atoms with Crippen molar-refractivity contribution >= 4 is 11.9 Å². The average molecular weight is 318 g/mol. The molecule has 124 valence electrons. The monoisotopic (exact) mass is 318 g/mol. The number of hydrogen-bond acceptors (Lipinski definition) is 5. The van der Waals surface area contributed by atoms with Crippen molar-refractivity contribution in [1.82, 2.24) is 0 Å². The van der Waals surface area contributed by atoms with Crippen LogP contribution in [0.25, 0.3) is 0 Å². The molecule has 23 heavy (non-hydrogen) atoms. The zero-order valence-corrected chi connectivity index (χ0v) is 13.3. The fourth-order valence-corrected chi connectivity index (χ4v) is 2.75. The van der Waals surface area contributed by atoms with Gasteiger partial charge in [-0.25, -0.2) is 4.79 Å². The van der Waals surface area contributed by atoms with E-state index in [1.807, 2.05) is 6.07 Å². The van der Waals surface area contributed by atoms with E-state index in [1.54, 1.807) is 24.3 Å². The van der Waals surface area contributed by atoms with Gasteiger partial charge in [0.15, 0.2) is 0 Å². The summed E-state index contributed by atoms with van der Waals surface area (Å²) in [6, 6.07) is 8.64. The molecule has 0 saturated heterocycles. The van der Waals surface area contributed by atoms with Crippen LogP contribution < -0.4 is 0 Å². The van der Waals surface area contributed by atoms with Gasteiger partial charge in [0, 0.05) is 0 Å². The number of rotatable bonds is 4. The first kappa shape index (κ1) is 17.2. The van der Waals surface area contributed by atoms with Gasteiger partial charge in [0.2, 0.25) is 0 Å². The lowest BCUT2D eigenvalue weighted by Crippen LogP contribution is -2.34. The highest BCUT2D eigenvalue weighted by Crippen LogP contribution is 2.35. The second-order valence-corrected chi connectivity index (χ2v) is 5.76. The van der Waals surface area contributed by atoms with E-state index in [2.05, 4.69) is 4.74 Å². The molecule has 1 atom stereocenters. The van der Waals surface area contributed by atoms with Crippen molar-refractivity contribution in [3.8, 4) is 0 Å². The second-order valence-electron chi connectivity index (χ2n) is 5.76. The van der Waals surface area contributed by atoms with Crippen LogP contribution >= 0.6 is 0 Å². The first-order chi connectivity index (χ1) is 11.0. The molecule has 5 heteroatoms. The Hall–Kier alpha value is -2.14. The highest BCUT2D eigenvalue weighted by molar-refractivity contribution is 5.89. The van der Waals surface area contributed by atoms with Crippen molar-refractivity contribution in [2.24, 2.45) is 0 Å².